The van der Waals surface area contributed by atoms with Crippen molar-refractivity contribution < 1.29 is 0 Å². The zero-order valence-electron chi connectivity index (χ0n) is 16.6. The van der Waals surface area contributed by atoms with Gasteiger partial charge in [-0.3, -0.25) is 9.97 Å². The van der Waals surface area contributed by atoms with Crippen molar-refractivity contribution in [1.29, 1.82) is 0 Å². The minimum Gasteiger partial charge on any atom is -0.352 e. The van der Waals surface area contributed by atoms with Crippen LogP contribution in [0.25, 0.3) is 5.69 Å². The Morgan fingerprint density at radius 3 is 2.61 bits per heavy atom. The molecule has 0 radical (unpaired) electrons. The van der Waals surface area contributed by atoms with Crippen LogP contribution in [0.5, 0.6) is 0 Å². The molecule has 4 aromatic rings. The second-order valence-corrected chi connectivity index (χ2v) is 8.22. The molecule has 1 aromatic carbocycles. The normalized spacial score (nSPS) is 18.2. The maximum atomic E-state index is 6.28. The predicted octanol–water partition coefficient (Wildman–Crippen LogP) is 5.09. The van der Waals surface area contributed by atoms with Gasteiger partial charge in [-0.15, -0.1) is 0 Å². The molecular formula is C24H20ClN5S. The van der Waals surface area contributed by atoms with Gasteiger partial charge in [-0.1, -0.05) is 23.7 Å². The van der Waals surface area contributed by atoms with E-state index in [1.807, 2.05) is 67.1 Å². The Morgan fingerprint density at radius 1 is 0.968 bits per heavy atom. The molecule has 0 saturated carbocycles. The van der Waals surface area contributed by atoms with E-state index in [0.717, 1.165) is 22.6 Å². The maximum absolute atomic E-state index is 6.28. The van der Waals surface area contributed by atoms with Crippen molar-refractivity contribution in [2.75, 3.05) is 0 Å². The summed E-state index contributed by atoms with van der Waals surface area (Å²) in [4.78, 5) is 11.0. The van der Waals surface area contributed by atoms with E-state index in [1.54, 1.807) is 0 Å². The molecule has 3 aromatic heterocycles. The Labute approximate surface area is 191 Å². The van der Waals surface area contributed by atoms with Gasteiger partial charge in [-0.2, -0.15) is 0 Å². The van der Waals surface area contributed by atoms with Crippen LogP contribution < -0.4 is 5.32 Å². The molecule has 2 atom stereocenters. The first-order valence-corrected chi connectivity index (χ1v) is 10.8. The lowest BCUT2D eigenvalue weighted by Gasteiger charge is -2.29. The number of aromatic nitrogens is 3. The lowest BCUT2D eigenvalue weighted by molar-refractivity contribution is 0.302. The summed E-state index contributed by atoms with van der Waals surface area (Å²) in [7, 11) is 0. The highest BCUT2D eigenvalue weighted by Crippen LogP contribution is 2.40. The molecule has 0 aliphatic carbocycles. The van der Waals surface area contributed by atoms with E-state index in [9.17, 15) is 0 Å². The van der Waals surface area contributed by atoms with Crippen molar-refractivity contribution in [2.24, 2.45) is 0 Å². The van der Waals surface area contributed by atoms with Gasteiger partial charge < -0.3 is 14.8 Å². The molecule has 0 spiro atoms. The third-order valence-electron chi connectivity index (χ3n) is 5.47. The smallest absolute Gasteiger partial charge is 0.170 e. The van der Waals surface area contributed by atoms with Crippen molar-refractivity contribution in [2.45, 2.75) is 18.6 Å². The summed E-state index contributed by atoms with van der Waals surface area (Å²) in [6.07, 6.45) is 7.49. The van der Waals surface area contributed by atoms with Gasteiger partial charge in [0.1, 0.15) is 0 Å². The fourth-order valence-corrected chi connectivity index (χ4v) is 4.57. The topological polar surface area (TPSA) is 46.0 Å². The Bertz CT molecular complexity index is 1190. The molecule has 5 rings (SSSR count). The van der Waals surface area contributed by atoms with E-state index < -0.39 is 0 Å². The Balaban J connectivity index is 1.61. The van der Waals surface area contributed by atoms with Crippen LogP contribution >= 0.6 is 23.8 Å². The number of halogens is 1. The quantitative estimate of drug-likeness (QED) is 0.433. The summed E-state index contributed by atoms with van der Waals surface area (Å²) < 4.78 is 2.17. The number of nitrogens with one attached hydrogen (secondary N) is 1. The van der Waals surface area contributed by atoms with Crippen molar-refractivity contribution >= 4 is 28.9 Å². The number of rotatable bonds is 5. The van der Waals surface area contributed by atoms with Crippen molar-refractivity contribution in [3.63, 3.8) is 0 Å². The molecule has 1 fully saturated rings. The lowest BCUT2D eigenvalue weighted by atomic mass is 10.0. The maximum Gasteiger partial charge on any atom is 0.170 e. The first-order valence-electron chi connectivity index (χ1n) is 10.0. The summed E-state index contributed by atoms with van der Waals surface area (Å²) in [5.41, 5.74) is 4.21. The molecule has 154 valence electrons. The van der Waals surface area contributed by atoms with E-state index >= 15 is 0 Å². The highest BCUT2D eigenvalue weighted by molar-refractivity contribution is 7.80. The van der Waals surface area contributed by atoms with Crippen LogP contribution in [0.15, 0.2) is 91.5 Å². The van der Waals surface area contributed by atoms with E-state index in [4.69, 9.17) is 23.8 Å². The van der Waals surface area contributed by atoms with Crippen LogP contribution in [0.4, 0.5) is 0 Å². The average molecular weight is 446 g/mol. The van der Waals surface area contributed by atoms with Crippen molar-refractivity contribution in [3.8, 4) is 5.69 Å². The number of thiocarbonyl (C=S) groups is 1. The minimum atomic E-state index is -0.0802. The predicted molar refractivity (Wildman–Crippen MR) is 126 cm³/mol. The average Bonchev–Trinajstić information content (AvgIpc) is 3.40. The second-order valence-electron chi connectivity index (χ2n) is 7.39. The van der Waals surface area contributed by atoms with Crippen LogP contribution in [-0.2, 0) is 6.54 Å². The summed E-state index contributed by atoms with van der Waals surface area (Å²) in [6.45, 7) is 0.670. The van der Waals surface area contributed by atoms with Gasteiger partial charge in [-0.05, 0) is 72.4 Å². The molecule has 0 unspecified atom stereocenters. The monoisotopic (exact) mass is 445 g/mol. The van der Waals surface area contributed by atoms with E-state index in [2.05, 4.69) is 49.1 Å². The fourth-order valence-electron chi connectivity index (χ4n) is 4.08. The van der Waals surface area contributed by atoms with Gasteiger partial charge in [0.2, 0.25) is 0 Å². The number of benzene rings is 1. The van der Waals surface area contributed by atoms with Gasteiger partial charge in [-0.25, -0.2) is 0 Å². The second kappa shape index (κ2) is 8.49. The van der Waals surface area contributed by atoms with Crippen molar-refractivity contribution in [1.82, 2.24) is 24.8 Å². The first-order chi connectivity index (χ1) is 15.2. The molecule has 1 saturated heterocycles. The highest BCUT2D eigenvalue weighted by Gasteiger charge is 2.41. The number of hydrogen-bond donors (Lipinski definition) is 1. The fraction of sp³-hybridized carbons (Fsp3) is 0.125. The van der Waals surface area contributed by atoms with Gasteiger partial charge in [0, 0.05) is 47.7 Å². The molecule has 7 heteroatoms. The largest absolute Gasteiger partial charge is 0.352 e. The van der Waals surface area contributed by atoms with Crippen LogP contribution in [0, 0.1) is 0 Å². The zero-order chi connectivity index (χ0) is 21.2. The van der Waals surface area contributed by atoms with Gasteiger partial charge in [0.25, 0.3) is 0 Å². The highest BCUT2D eigenvalue weighted by atomic mass is 35.5. The van der Waals surface area contributed by atoms with Crippen LogP contribution in [0.1, 0.15) is 29.0 Å². The van der Waals surface area contributed by atoms with E-state index in [0.29, 0.717) is 16.7 Å². The lowest BCUT2D eigenvalue weighted by Crippen LogP contribution is -2.30. The Morgan fingerprint density at radius 2 is 1.84 bits per heavy atom. The van der Waals surface area contributed by atoms with Crippen LogP contribution in [0.3, 0.4) is 0 Å². The SMILES string of the molecule is S=C1N[C@@H](c2ccccn2)[C@@H](c2cccn2-c2cccc(Cl)c2)N1Cc1ccncc1. The Kier molecular flexibility index (Phi) is 5.40. The third-order valence-corrected chi connectivity index (χ3v) is 6.06. The van der Waals surface area contributed by atoms with Gasteiger partial charge in [0.15, 0.2) is 5.11 Å². The summed E-state index contributed by atoms with van der Waals surface area (Å²) in [5, 5.41) is 4.91. The molecule has 1 aliphatic rings. The zero-order valence-corrected chi connectivity index (χ0v) is 18.2. The molecular weight excluding hydrogens is 426 g/mol. The number of pyridine rings is 2. The molecule has 5 nitrogen and oxygen atoms in total. The molecule has 31 heavy (non-hydrogen) atoms. The van der Waals surface area contributed by atoms with Crippen molar-refractivity contribution in [3.05, 3.63) is 113 Å². The summed E-state index contributed by atoms with van der Waals surface area (Å²) in [5.74, 6) is 0. The standard InChI is InChI=1S/C24H20ClN5S/c25-18-5-3-6-19(15-18)29-14-4-8-21(29)23-22(20-7-1-2-11-27-20)28-24(31)30(23)16-17-9-12-26-13-10-17/h1-15,22-23H,16H2,(H,28,31)/t22-,23+/m0/s1. The number of hydrogen-bond acceptors (Lipinski definition) is 3. The first kappa shape index (κ1) is 19.7. The van der Waals surface area contributed by atoms with Gasteiger partial charge in [0.05, 0.1) is 17.8 Å². The number of nitrogens with zero attached hydrogens (tertiary/aromatic N) is 4. The Hall–Kier alpha value is -3.22. The molecule has 1 aliphatic heterocycles. The molecule has 1 N–H and O–H groups in total. The van der Waals surface area contributed by atoms with E-state index in [1.165, 1.54) is 0 Å². The molecule has 0 amide bonds. The van der Waals surface area contributed by atoms with Crippen LogP contribution in [-0.4, -0.2) is 24.5 Å². The van der Waals surface area contributed by atoms with Crippen LogP contribution in [0.2, 0.25) is 5.02 Å². The van der Waals surface area contributed by atoms with E-state index in [-0.39, 0.29) is 12.1 Å². The van der Waals surface area contributed by atoms with Gasteiger partial charge >= 0.3 is 0 Å². The summed E-state index contributed by atoms with van der Waals surface area (Å²) in [6, 6.07) is 21.9. The third kappa shape index (κ3) is 3.92. The summed E-state index contributed by atoms with van der Waals surface area (Å²) >= 11 is 12.1. The minimum absolute atomic E-state index is 0.0513. The molecule has 0 bridgehead atoms. The molecule has 4 heterocycles.